The predicted octanol–water partition coefficient (Wildman–Crippen LogP) is 5.57. The molecule has 140 valence electrons. The number of ether oxygens (including phenoxy) is 1. The molecule has 2 heterocycles. The molecule has 0 aliphatic carbocycles. The molecule has 0 saturated carbocycles. The molecule has 2 aromatic carbocycles. The van der Waals surface area contributed by atoms with Gasteiger partial charge in [0.05, 0.1) is 11.6 Å². The van der Waals surface area contributed by atoms with Crippen LogP contribution in [-0.4, -0.2) is 22.2 Å². The fourth-order valence-corrected chi connectivity index (χ4v) is 3.31. The highest BCUT2D eigenvalue weighted by atomic mass is 35.5. The molecule has 0 N–H and O–H groups in total. The Labute approximate surface area is 168 Å². The summed E-state index contributed by atoms with van der Waals surface area (Å²) in [5.41, 5.74) is 6.11. The van der Waals surface area contributed by atoms with Crippen LogP contribution in [0, 0.1) is 6.92 Å². The fraction of sp³-hybridized carbons (Fsp3) is 0.136. The largest absolute Gasteiger partial charge is 0.380 e. The molecule has 4 rings (SSSR count). The van der Waals surface area contributed by atoms with Gasteiger partial charge in [0, 0.05) is 30.6 Å². The van der Waals surface area contributed by atoms with E-state index in [-0.39, 0.29) is 0 Å². The number of methoxy groups -OCH3 is 1. The Morgan fingerprint density at radius 2 is 1.86 bits per heavy atom. The van der Waals surface area contributed by atoms with Gasteiger partial charge in [0.25, 0.3) is 5.89 Å². The van der Waals surface area contributed by atoms with Crippen LogP contribution in [0.4, 0.5) is 0 Å². The maximum Gasteiger partial charge on any atom is 0.258 e. The van der Waals surface area contributed by atoms with E-state index in [1.807, 2.05) is 24.3 Å². The van der Waals surface area contributed by atoms with Crippen molar-refractivity contribution in [3.63, 3.8) is 0 Å². The Bertz CT molecular complexity index is 1120. The molecular weight excluding hydrogens is 374 g/mol. The normalized spacial score (nSPS) is 11.0. The van der Waals surface area contributed by atoms with Crippen molar-refractivity contribution >= 4 is 11.6 Å². The van der Waals surface area contributed by atoms with Crippen molar-refractivity contribution in [2.45, 2.75) is 13.5 Å². The molecule has 28 heavy (non-hydrogen) atoms. The third-order valence-corrected chi connectivity index (χ3v) is 4.68. The highest BCUT2D eigenvalue weighted by Crippen LogP contribution is 2.31. The van der Waals surface area contributed by atoms with Crippen molar-refractivity contribution in [1.82, 2.24) is 15.1 Å². The molecule has 5 nitrogen and oxygen atoms in total. The number of hydrogen-bond acceptors (Lipinski definition) is 5. The third kappa shape index (κ3) is 3.67. The maximum absolute atomic E-state index is 6.00. The van der Waals surface area contributed by atoms with Gasteiger partial charge >= 0.3 is 0 Å². The van der Waals surface area contributed by atoms with Crippen LogP contribution in [-0.2, 0) is 11.3 Å². The lowest BCUT2D eigenvalue weighted by Crippen LogP contribution is -1.95. The Kier molecular flexibility index (Phi) is 5.19. The minimum atomic E-state index is 0.434. The molecule has 4 aromatic rings. The average molecular weight is 392 g/mol. The molecule has 0 amide bonds. The van der Waals surface area contributed by atoms with Gasteiger partial charge < -0.3 is 9.26 Å². The Balaban J connectivity index is 1.73. The molecule has 0 aliphatic rings. The van der Waals surface area contributed by atoms with Crippen molar-refractivity contribution in [3.05, 3.63) is 77.1 Å². The highest BCUT2D eigenvalue weighted by molar-refractivity contribution is 6.30. The smallest absolute Gasteiger partial charge is 0.258 e. The summed E-state index contributed by atoms with van der Waals surface area (Å²) < 4.78 is 10.9. The number of nitrogens with zero attached hydrogens (tertiary/aromatic N) is 3. The summed E-state index contributed by atoms with van der Waals surface area (Å²) in [7, 11) is 1.69. The van der Waals surface area contributed by atoms with Crippen LogP contribution in [0.25, 0.3) is 34.0 Å². The third-order valence-electron chi connectivity index (χ3n) is 4.48. The zero-order valence-electron chi connectivity index (χ0n) is 15.5. The predicted molar refractivity (Wildman–Crippen MR) is 109 cm³/mol. The molecule has 6 heteroatoms. The van der Waals surface area contributed by atoms with E-state index in [9.17, 15) is 0 Å². The van der Waals surface area contributed by atoms with Gasteiger partial charge in [0.2, 0.25) is 5.82 Å². The summed E-state index contributed by atoms with van der Waals surface area (Å²) in [6, 6.07) is 16.1. The second-order valence-electron chi connectivity index (χ2n) is 6.43. The average Bonchev–Trinajstić information content (AvgIpc) is 3.19. The molecule has 0 fully saturated rings. The van der Waals surface area contributed by atoms with Crippen LogP contribution >= 0.6 is 11.6 Å². The van der Waals surface area contributed by atoms with Gasteiger partial charge in [0.15, 0.2) is 0 Å². The van der Waals surface area contributed by atoms with Crippen LogP contribution < -0.4 is 0 Å². The van der Waals surface area contributed by atoms with E-state index in [4.69, 9.17) is 20.9 Å². The van der Waals surface area contributed by atoms with Crippen LogP contribution in [0.15, 0.2) is 65.4 Å². The second-order valence-corrected chi connectivity index (χ2v) is 6.87. The van der Waals surface area contributed by atoms with Gasteiger partial charge in [-0.05, 0) is 47.4 Å². The lowest BCUT2D eigenvalue weighted by Gasteiger charge is -2.12. The summed E-state index contributed by atoms with van der Waals surface area (Å²) in [4.78, 5) is 8.56. The first kappa shape index (κ1) is 18.3. The summed E-state index contributed by atoms with van der Waals surface area (Å²) >= 11 is 6.00. The van der Waals surface area contributed by atoms with Gasteiger partial charge in [-0.15, -0.1) is 0 Å². The van der Waals surface area contributed by atoms with Crippen molar-refractivity contribution in [2.75, 3.05) is 7.11 Å². The van der Waals surface area contributed by atoms with Crippen LogP contribution in [0.2, 0.25) is 5.02 Å². The fourth-order valence-electron chi connectivity index (χ4n) is 3.13. The molecule has 2 aromatic heterocycles. The molecule has 0 aliphatic heterocycles. The molecule has 0 radical (unpaired) electrons. The molecular formula is C22H18ClN3O2. The molecule has 0 bridgehead atoms. The zero-order valence-corrected chi connectivity index (χ0v) is 16.3. The van der Waals surface area contributed by atoms with Gasteiger partial charge in [-0.3, -0.25) is 4.98 Å². The monoisotopic (exact) mass is 391 g/mol. The van der Waals surface area contributed by atoms with Gasteiger partial charge in [-0.25, -0.2) is 0 Å². The molecule has 0 unspecified atom stereocenters. The first-order chi connectivity index (χ1) is 13.7. The molecule has 0 spiro atoms. The van der Waals surface area contributed by atoms with Gasteiger partial charge in [0.1, 0.15) is 0 Å². The summed E-state index contributed by atoms with van der Waals surface area (Å²) in [5, 5.41) is 4.58. The topological polar surface area (TPSA) is 61.0 Å². The van der Waals surface area contributed by atoms with Crippen LogP contribution in [0.3, 0.4) is 0 Å². The lowest BCUT2D eigenvalue weighted by molar-refractivity contribution is 0.185. The second kappa shape index (κ2) is 7.92. The number of rotatable bonds is 5. The van der Waals surface area contributed by atoms with Gasteiger partial charge in [-0.1, -0.05) is 47.1 Å². The maximum atomic E-state index is 6.00. The van der Waals surface area contributed by atoms with Crippen molar-refractivity contribution < 1.29 is 9.26 Å². The minimum Gasteiger partial charge on any atom is -0.380 e. The van der Waals surface area contributed by atoms with E-state index >= 15 is 0 Å². The number of hydrogen-bond donors (Lipinski definition) is 0. The number of benzene rings is 2. The minimum absolute atomic E-state index is 0.434. The van der Waals surface area contributed by atoms with E-state index in [2.05, 4.69) is 40.2 Å². The van der Waals surface area contributed by atoms with Gasteiger partial charge in [-0.2, -0.15) is 4.98 Å². The summed E-state index contributed by atoms with van der Waals surface area (Å²) in [6.45, 7) is 2.58. The zero-order chi connectivity index (χ0) is 19.5. The van der Waals surface area contributed by atoms with E-state index < -0.39 is 0 Å². The number of halogens is 1. The van der Waals surface area contributed by atoms with Crippen molar-refractivity contribution in [3.8, 4) is 34.0 Å². The van der Waals surface area contributed by atoms with E-state index in [0.29, 0.717) is 28.9 Å². The van der Waals surface area contributed by atoms with Crippen LogP contribution in [0.1, 0.15) is 11.1 Å². The van der Waals surface area contributed by atoms with Crippen molar-refractivity contribution in [1.29, 1.82) is 0 Å². The summed E-state index contributed by atoms with van der Waals surface area (Å²) in [6.07, 6.45) is 3.21. The first-order valence-corrected chi connectivity index (χ1v) is 9.16. The molecule has 0 atom stereocenters. The SMILES string of the molecule is COCc1cc(-c2nc(-c3cncc(Cl)c3)no2)ccc1-c1ccccc1C. The Morgan fingerprint density at radius 3 is 2.64 bits per heavy atom. The Hall–Kier alpha value is -3.02. The van der Waals surface area contributed by atoms with Crippen molar-refractivity contribution in [2.24, 2.45) is 0 Å². The summed E-state index contributed by atoms with van der Waals surface area (Å²) in [5.74, 6) is 0.880. The van der Waals surface area contributed by atoms with E-state index in [1.165, 1.54) is 11.1 Å². The lowest BCUT2D eigenvalue weighted by atomic mass is 9.94. The van der Waals surface area contributed by atoms with Crippen LogP contribution in [0.5, 0.6) is 0 Å². The van der Waals surface area contributed by atoms with E-state index in [0.717, 1.165) is 16.7 Å². The first-order valence-electron chi connectivity index (χ1n) is 8.78. The molecule has 0 saturated heterocycles. The highest BCUT2D eigenvalue weighted by Gasteiger charge is 2.14. The number of pyridine rings is 1. The standard InChI is InChI=1S/C22H18ClN3O2/c1-14-5-3-4-6-19(14)20-8-7-15(9-17(20)13-27-2)22-25-21(26-28-22)16-10-18(23)12-24-11-16/h3-12H,13H2,1-2H3. The Morgan fingerprint density at radius 1 is 1.00 bits per heavy atom. The quantitative estimate of drug-likeness (QED) is 0.444. The number of aryl methyl sites for hydroxylation is 1. The van der Waals surface area contributed by atoms with E-state index in [1.54, 1.807) is 25.6 Å². The number of aromatic nitrogens is 3.